The van der Waals surface area contributed by atoms with Crippen LogP contribution in [0.3, 0.4) is 0 Å². The first-order chi connectivity index (χ1) is 12.1. The molecule has 1 saturated carbocycles. The van der Waals surface area contributed by atoms with Gasteiger partial charge in [0.25, 0.3) is 0 Å². The number of hydrogen-bond donors (Lipinski definition) is 2. The maximum atomic E-state index is 12.9. The van der Waals surface area contributed by atoms with Crippen LogP contribution in [0.5, 0.6) is 0 Å². The highest BCUT2D eigenvalue weighted by molar-refractivity contribution is 5.92. The number of benzene rings is 1. The van der Waals surface area contributed by atoms with Gasteiger partial charge in [-0.2, -0.15) is 0 Å². The molecule has 1 aliphatic heterocycles. The molecule has 0 atom stereocenters. The number of rotatable bonds is 7. The molecular formula is C18H27Cl2FN4O2. The van der Waals surface area contributed by atoms with Crippen LogP contribution in [-0.4, -0.2) is 67.4 Å². The number of nitrogens with one attached hydrogen (secondary N) is 2. The molecular weight excluding hydrogens is 394 g/mol. The van der Waals surface area contributed by atoms with E-state index in [0.717, 1.165) is 12.5 Å². The number of nitrogens with zero attached hydrogens (tertiary/aromatic N) is 2. The van der Waals surface area contributed by atoms with Gasteiger partial charge in [-0.15, -0.1) is 24.8 Å². The average Bonchev–Trinajstić information content (AvgIpc) is 3.42. The van der Waals surface area contributed by atoms with Crippen LogP contribution in [0.4, 0.5) is 10.1 Å². The highest BCUT2D eigenvalue weighted by Gasteiger charge is 2.24. The molecule has 0 bridgehead atoms. The van der Waals surface area contributed by atoms with Gasteiger partial charge in [0.15, 0.2) is 0 Å². The van der Waals surface area contributed by atoms with E-state index < -0.39 is 0 Å². The standard InChI is InChI=1S/C18H25FN4O2.2ClH/c19-15-3-5-16(6-4-15)21-17(24)13-22-7-9-23(10-8-22)18(25)12-20-11-14-1-2-14;;/h3-6,14,20H,1-2,7-13H2,(H,21,24);2*1H. The summed E-state index contributed by atoms with van der Waals surface area (Å²) in [5, 5.41) is 5.98. The van der Waals surface area contributed by atoms with Crippen LogP contribution in [0, 0.1) is 11.7 Å². The molecule has 27 heavy (non-hydrogen) atoms. The number of hydrogen-bond acceptors (Lipinski definition) is 4. The van der Waals surface area contributed by atoms with Crippen LogP contribution in [0.25, 0.3) is 0 Å². The maximum Gasteiger partial charge on any atom is 0.238 e. The van der Waals surface area contributed by atoms with Gasteiger partial charge < -0.3 is 15.5 Å². The second kappa shape index (κ2) is 11.4. The molecule has 6 nitrogen and oxygen atoms in total. The van der Waals surface area contributed by atoms with Crippen molar-refractivity contribution in [1.29, 1.82) is 0 Å². The van der Waals surface area contributed by atoms with E-state index in [-0.39, 0.29) is 49.0 Å². The topological polar surface area (TPSA) is 64.7 Å². The molecule has 0 aromatic heterocycles. The summed E-state index contributed by atoms with van der Waals surface area (Å²) in [4.78, 5) is 28.1. The summed E-state index contributed by atoms with van der Waals surface area (Å²) in [5.74, 6) is 0.447. The molecule has 2 aliphatic rings. The molecule has 1 aromatic carbocycles. The molecule has 0 radical (unpaired) electrons. The highest BCUT2D eigenvalue weighted by atomic mass is 35.5. The van der Waals surface area contributed by atoms with Crippen LogP contribution in [0.1, 0.15) is 12.8 Å². The minimum absolute atomic E-state index is 0. The normalized spacial score (nSPS) is 16.9. The van der Waals surface area contributed by atoms with E-state index in [9.17, 15) is 14.0 Å². The quantitative estimate of drug-likeness (QED) is 0.704. The second-order valence-electron chi connectivity index (χ2n) is 6.79. The lowest BCUT2D eigenvalue weighted by Crippen LogP contribution is -2.52. The number of amides is 2. The first-order valence-electron chi connectivity index (χ1n) is 8.86. The number of halogens is 3. The molecule has 2 amide bonds. The maximum absolute atomic E-state index is 12.9. The minimum Gasteiger partial charge on any atom is -0.339 e. The first-order valence-corrected chi connectivity index (χ1v) is 8.86. The van der Waals surface area contributed by atoms with Gasteiger partial charge in [-0.1, -0.05) is 0 Å². The largest absolute Gasteiger partial charge is 0.339 e. The summed E-state index contributed by atoms with van der Waals surface area (Å²) < 4.78 is 12.9. The fourth-order valence-electron chi connectivity index (χ4n) is 2.91. The molecule has 9 heteroatoms. The van der Waals surface area contributed by atoms with E-state index in [0.29, 0.717) is 38.4 Å². The molecule has 3 rings (SSSR count). The zero-order valence-electron chi connectivity index (χ0n) is 15.2. The van der Waals surface area contributed by atoms with Crippen molar-refractivity contribution in [2.45, 2.75) is 12.8 Å². The predicted octanol–water partition coefficient (Wildman–Crippen LogP) is 1.75. The summed E-state index contributed by atoms with van der Waals surface area (Å²) in [6.07, 6.45) is 2.56. The molecule has 2 fully saturated rings. The SMILES string of the molecule is Cl.Cl.O=C(CN1CCN(C(=O)CNCC2CC2)CC1)Nc1ccc(F)cc1. The number of carbonyl (C=O) groups excluding carboxylic acids is 2. The third-order valence-corrected chi connectivity index (χ3v) is 4.63. The van der Waals surface area contributed by atoms with Gasteiger partial charge in [0.05, 0.1) is 13.1 Å². The first kappa shape index (κ1) is 23.6. The van der Waals surface area contributed by atoms with Crippen molar-refractivity contribution >= 4 is 42.3 Å². The van der Waals surface area contributed by atoms with Crippen molar-refractivity contribution < 1.29 is 14.0 Å². The van der Waals surface area contributed by atoms with Gasteiger partial charge in [-0.25, -0.2) is 4.39 Å². The fourth-order valence-corrected chi connectivity index (χ4v) is 2.91. The minimum atomic E-state index is -0.328. The molecule has 152 valence electrons. The van der Waals surface area contributed by atoms with E-state index in [2.05, 4.69) is 10.6 Å². The fraction of sp³-hybridized carbons (Fsp3) is 0.556. The number of piperazine rings is 1. The summed E-state index contributed by atoms with van der Waals surface area (Å²) >= 11 is 0. The van der Waals surface area contributed by atoms with Crippen molar-refractivity contribution in [3.8, 4) is 0 Å². The van der Waals surface area contributed by atoms with E-state index in [4.69, 9.17) is 0 Å². The Morgan fingerprint density at radius 1 is 1.04 bits per heavy atom. The third-order valence-electron chi connectivity index (χ3n) is 4.63. The van der Waals surface area contributed by atoms with Gasteiger partial charge in [0.1, 0.15) is 5.82 Å². The summed E-state index contributed by atoms with van der Waals surface area (Å²) in [5.41, 5.74) is 0.585. The van der Waals surface area contributed by atoms with E-state index in [1.807, 2.05) is 9.80 Å². The predicted molar refractivity (Wildman–Crippen MR) is 108 cm³/mol. The summed E-state index contributed by atoms with van der Waals surface area (Å²) in [6, 6.07) is 5.71. The molecule has 0 unspecified atom stereocenters. The molecule has 1 heterocycles. The zero-order valence-corrected chi connectivity index (χ0v) is 16.8. The zero-order chi connectivity index (χ0) is 17.6. The van der Waals surface area contributed by atoms with Crippen molar-refractivity contribution in [3.05, 3.63) is 30.1 Å². The molecule has 2 N–H and O–H groups in total. The van der Waals surface area contributed by atoms with Crippen LogP contribution < -0.4 is 10.6 Å². The van der Waals surface area contributed by atoms with Gasteiger partial charge in [0, 0.05) is 31.9 Å². The molecule has 1 saturated heterocycles. The van der Waals surface area contributed by atoms with E-state index in [1.165, 1.54) is 25.0 Å². The Morgan fingerprint density at radius 3 is 2.26 bits per heavy atom. The Kier molecular flexibility index (Phi) is 10.0. The van der Waals surface area contributed by atoms with Gasteiger partial charge >= 0.3 is 0 Å². The van der Waals surface area contributed by atoms with Crippen LogP contribution in [0.2, 0.25) is 0 Å². The van der Waals surface area contributed by atoms with Gasteiger partial charge in [0.2, 0.25) is 11.8 Å². The lowest BCUT2D eigenvalue weighted by Gasteiger charge is -2.34. The van der Waals surface area contributed by atoms with Crippen LogP contribution in [-0.2, 0) is 9.59 Å². The Morgan fingerprint density at radius 2 is 1.67 bits per heavy atom. The van der Waals surface area contributed by atoms with Gasteiger partial charge in [-0.05, 0) is 49.6 Å². The molecule has 1 aliphatic carbocycles. The third kappa shape index (κ3) is 8.01. The molecule has 0 spiro atoms. The highest BCUT2D eigenvalue weighted by Crippen LogP contribution is 2.27. The number of carbonyl (C=O) groups is 2. The Bertz CT molecular complexity index is 606. The van der Waals surface area contributed by atoms with Crippen LogP contribution in [0.15, 0.2) is 24.3 Å². The average molecular weight is 421 g/mol. The summed E-state index contributed by atoms with van der Waals surface area (Å²) in [7, 11) is 0. The van der Waals surface area contributed by atoms with Gasteiger partial charge in [-0.3, -0.25) is 14.5 Å². The second-order valence-corrected chi connectivity index (χ2v) is 6.79. The Labute approximate surface area is 171 Å². The lowest BCUT2D eigenvalue weighted by atomic mass is 10.3. The number of anilines is 1. The van der Waals surface area contributed by atoms with Crippen LogP contribution >= 0.6 is 24.8 Å². The summed E-state index contributed by atoms with van der Waals surface area (Å²) in [6.45, 7) is 4.29. The monoisotopic (exact) mass is 420 g/mol. The van der Waals surface area contributed by atoms with Crippen molar-refractivity contribution in [1.82, 2.24) is 15.1 Å². The van der Waals surface area contributed by atoms with E-state index >= 15 is 0 Å². The Hall–Kier alpha value is -1.41. The lowest BCUT2D eigenvalue weighted by molar-refractivity contribution is -0.132. The van der Waals surface area contributed by atoms with E-state index in [1.54, 1.807) is 12.1 Å². The van der Waals surface area contributed by atoms with Crippen molar-refractivity contribution in [3.63, 3.8) is 0 Å². The molecule has 1 aromatic rings. The van der Waals surface area contributed by atoms with Crippen molar-refractivity contribution in [2.24, 2.45) is 5.92 Å². The van der Waals surface area contributed by atoms with Crippen molar-refractivity contribution in [2.75, 3.05) is 51.1 Å². The smallest absolute Gasteiger partial charge is 0.238 e. The Balaban J connectivity index is 0.00000182.